The van der Waals surface area contributed by atoms with Gasteiger partial charge in [-0.3, -0.25) is 4.57 Å². The van der Waals surface area contributed by atoms with E-state index in [0.717, 1.165) is 6.42 Å². The average Bonchev–Trinajstić information content (AvgIpc) is 2.55. The van der Waals surface area contributed by atoms with E-state index >= 15 is 0 Å². The molecule has 0 spiro atoms. The Morgan fingerprint density at radius 2 is 1.52 bits per heavy atom. The van der Waals surface area contributed by atoms with E-state index < -0.39 is 8.03 Å². The lowest BCUT2D eigenvalue weighted by atomic mass is 10.0. The number of benzene rings is 1. The molecule has 23 heavy (non-hydrogen) atoms. The van der Waals surface area contributed by atoms with Crippen LogP contribution in [0.15, 0.2) is 24.3 Å². The maximum atomic E-state index is 11.2. The summed E-state index contributed by atoms with van der Waals surface area (Å²) < 4.78 is 11.2. The van der Waals surface area contributed by atoms with Crippen LogP contribution in [-0.4, -0.2) is 10.7 Å². The van der Waals surface area contributed by atoms with E-state index in [4.69, 9.17) is 0 Å². The normalized spacial score (nSPS) is 13.9. The zero-order chi connectivity index (χ0) is 16.9. The Bertz CT molecular complexity index is 434. The van der Waals surface area contributed by atoms with Crippen molar-refractivity contribution in [3.8, 4) is 0 Å². The average molecular weight is 339 g/mol. The van der Waals surface area contributed by atoms with Crippen molar-refractivity contribution in [3.05, 3.63) is 35.4 Å². The van der Waals surface area contributed by atoms with Crippen molar-refractivity contribution in [2.75, 3.05) is 0 Å². The smallest absolute Gasteiger partial charge is 0.205 e. The standard InChI is InChI=1S/C19H34NO2P/c1-3-5-6-7-8-9-10-11-17-12-14-18(15-13-17)16-20-19(4-2)23(21)22/h12-15,19-20,23H,3-11,16H2,1-2H3,(H,21,22). The molecule has 0 aliphatic heterocycles. The molecular formula is C19H34NO2P. The van der Waals surface area contributed by atoms with Crippen LogP contribution in [0.2, 0.25) is 0 Å². The first kappa shape index (κ1) is 20.4. The van der Waals surface area contributed by atoms with Crippen LogP contribution >= 0.6 is 8.03 Å². The number of rotatable bonds is 13. The van der Waals surface area contributed by atoms with Crippen LogP contribution in [0.4, 0.5) is 0 Å². The Morgan fingerprint density at radius 3 is 2.09 bits per heavy atom. The van der Waals surface area contributed by atoms with Gasteiger partial charge >= 0.3 is 0 Å². The number of nitrogens with one attached hydrogen (secondary N) is 1. The summed E-state index contributed by atoms with van der Waals surface area (Å²) in [6.07, 6.45) is 11.3. The van der Waals surface area contributed by atoms with Gasteiger partial charge in [0.15, 0.2) is 0 Å². The highest BCUT2D eigenvalue weighted by molar-refractivity contribution is 7.38. The van der Waals surface area contributed by atoms with Gasteiger partial charge < -0.3 is 10.2 Å². The molecule has 0 amide bonds. The molecule has 0 aliphatic rings. The first-order chi connectivity index (χ1) is 11.2. The molecule has 1 aromatic rings. The summed E-state index contributed by atoms with van der Waals surface area (Å²) in [5.74, 6) is -0.271. The van der Waals surface area contributed by atoms with Crippen molar-refractivity contribution in [1.29, 1.82) is 0 Å². The van der Waals surface area contributed by atoms with Crippen LogP contribution in [0.25, 0.3) is 0 Å². The Kier molecular flexibility index (Phi) is 11.3. The summed E-state index contributed by atoms with van der Waals surface area (Å²) in [7, 11) is -2.49. The summed E-state index contributed by atoms with van der Waals surface area (Å²) in [4.78, 5) is 9.21. The van der Waals surface area contributed by atoms with Crippen molar-refractivity contribution >= 4 is 8.03 Å². The molecule has 2 unspecified atom stereocenters. The zero-order valence-corrected chi connectivity index (χ0v) is 15.8. The fourth-order valence-electron chi connectivity index (χ4n) is 2.76. The van der Waals surface area contributed by atoms with Crippen LogP contribution in [0.5, 0.6) is 0 Å². The van der Waals surface area contributed by atoms with Gasteiger partial charge in [0.05, 0.1) is 5.78 Å². The maximum Gasteiger partial charge on any atom is 0.205 e. The zero-order valence-electron chi connectivity index (χ0n) is 14.8. The van der Waals surface area contributed by atoms with Gasteiger partial charge in [-0.15, -0.1) is 0 Å². The van der Waals surface area contributed by atoms with E-state index in [-0.39, 0.29) is 5.78 Å². The van der Waals surface area contributed by atoms with Crippen molar-refractivity contribution in [1.82, 2.24) is 5.32 Å². The first-order valence-electron chi connectivity index (χ1n) is 9.21. The van der Waals surface area contributed by atoms with E-state index in [1.807, 2.05) is 6.92 Å². The van der Waals surface area contributed by atoms with Crippen LogP contribution in [0, 0.1) is 0 Å². The van der Waals surface area contributed by atoms with Gasteiger partial charge in [-0.2, -0.15) is 0 Å². The molecule has 0 aromatic heterocycles. The SMILES string of the molecule is CCCCCCCCCc1ccc(CNC(CC)[PH](=O)O)cc1. The summed E-state index contributed by atoms with van der Waals surface area (Å²) in [6.45, 7) is 4.85. The highest BCUT2D eigenvalue weighted by Gasteiger charge is 2.10. The topological polar surface area (TPSA) is 49.3 Å². The summed E-state index contributed by atoms with van der Waals surface area (Å²) in [6, 6.07) is 8.64. The summed E-state index contributed by atoms with van der Waals surface area (Å²) in [5.41, 5.74) is 2.57. The number of hydrogen-bond donors (Lipinski definition) is 2. The molecule has 0 fully saturated rings. The molecule has 0 saturated heterocycles. The Hall–Kier alpha value is -0.630. The number of aryl methyl sites for hydroxylation is 1. The molecule has 2 atom stereocenters. The van der Waals surface area contributed by atoms with Crippen LogP contribution < -0.4 is 5.32 Å². The van der Waals surface area contributed by atoms with Crippen molar-refractivity contribution < 1.29 is 9.46 Å². The number of unbranched alkanes of at least 4 members (excludes halogenated alkanes) is 6. The van der Waals surface area contributed by atoms with Gasteiger partial charge in [-0.1, -0.05) is 76.6 Å². The van der Waals surface area contributed by atoms with E-state index in [0.29, 0.717) is 13.0 Å². The van der Waals surface area contributed by atoms with Gasteiger partial charge in [0, 0.05) is 6.54 Å². The highest BCUT2D eigenvalue weighted by Crippen LogP contribution is 2.22. The molecule has 0 radical (unpaired) electrons. The monoisotopic (exact) mass is 339 g/mol. The Labute approximate surface area is 142 Å². The second-order valence-corrected chi connectivity index (χ2v) is 7.74. The molecule has 1 rings (SSSR count). The molecule has 4 heteroatoms. The second-order valence-electron chi connectivity index (χ2n) is 6.37. The predicted molar refractivity (Wildman–Crippen MR) is 100 cm³/mol. The number of hydrogen-bond acceptors (Lipinski definition) is 2. The quantitative estimate of drug-likeness (QED) is 0.380. The van der Waals surface area contributed by atoms with Gasteiger partial charge in [0.25, 0.3) is 0 Å². The third kappa shape index (κ3) is 9.30. The van der Waals surface area contributed by atoms with Crippen LogP contribution in [0.3, 0.4) is 0 Å². The minimum Gasteiger partial charge on any atom is -0.345 e. The first-order valence-corrected chi connectivity index (χ1v) is 10.6. The fourth-order valence-corrected chi connectivity index (χ4v) is 3.38. The van der Waals surface area contributed by atoms with Crippen molar-refractivity contribution in [3.63, 3.8) is 0 Å². The van der Waals surface area contributed by atoms with E-state index in [9.17, 15) is 9.46 Å². The molecule has 0 saturated carbocycles. The molecule has 132 valence electrons. The van der Waals surface area contributed by atoms with Crippen molar-refractivity contribution in [2.24, 2.45) is 0 Å². The molecule has 0 bridgehead atoms. The van der Waals surface area contributed by atoms with Crippen molar-refractivity contribution in [2.45, 2.75) is 84.0 Å². The fraction of sp³-hybridized carbons (Fsp3) is 0.684. The molecule has 1 aromatic carbocycles. The lowest BCUT2D eigenvalue weighted by molar-refractivity contribution is 0.466. The molecule has 0 heterocycles. The lowest BCUT2D eigenvalue weighted by Crippen LogP contribution is -2.24. The van der Waals surface area contributed by atoms with Crippen LogP contribution in [-0.2, 0) is 17.5 Å². The highest BCUT2D eigenvalue weighted by atomic mass is 31.1. The lowest BCUT2D eigenvalue weighted by Gasteiger charge is -2.13. The summed E-state index contributed by atoms with van der Waals surface area (Å²) in [5, 5.41) is 3.16. The predicted octanol–water partition coefficient (Wildman–Crippen LogP) is 5.27. The molecule has 0 aliphatic carbocycles. The summed E-state index contributed by atoms with van der Waals surface area (Å²) >= 11 is 0. The van der Waals surface area contributed by atoms with Gasteiger partial charge in [0.1, 0.15) is 0 Å². The van der Waals surface area contributed by atoms with Gasteiger partial charge in [-0.25, -0.2) is 0 Å². The van der Waals surface area contributed by atoms with E-state index in [1.54, 1.807) is 0 Å². The molecular weight excluding hydrogens is 305 g/mol. The van der Waals surface area contributed by atoms with Crippen LogP contribution in [0.1, 0.15) is 76.3 Å². The Morgan fingerprint density at radius 1 is 0.957 bits per heavy atom. The second kappa shape index (κ2) is 12.8. The third-order valence-electron chi connectivity index (χ3n) is 4.35. The van der Waals surface area contributed by atoms with Gasteiger partial charge in [0.2, 0.25) is 8.03 Å². The van der Waals surface area contributed by atoms with E-state index in [1.165, 1.54) is 56.1 Å². The Balaban J connectivity index is 2.21. The maximum absolute atomic E-state index is 11.2. The van der Waals surface area contributed by atoms with E-state index in [2.05, 4.69) is 36.5 Å². The molecule has 2 N–H and O–H groups in total. The third-order valence-corrected chi connectivity index (χ3v) is 5.56. The largest absolute Gasteiger partial charge is 0.345 e. The minimum absolute atomic E-state index is 0.271. The van der Waals surface area contributed by atoms with Gasteiger partial charge in [-0.05, 0) is 30.4 Å². The minimum atomic E-state index is -2.49. The molecule has 3 nitrogen and oxygen atoms in total.